The van der Waals surface area contributed by atoms with E-state index in [4.69, 9.17) is 16.0 Å². The minimum absolute atomic E-state index is 0.612. The van der Waals surface area contributed by atoms with Crippen molar-refractivity contribution in [2.75, 3.05) is 0 Å². The molecule has 3 aromatic rings. The Hall–Kier alpha value is -1.79. The van der Waals surface area contributed by atoms with Crippen LogP contribution in [-0.2, 0) is 5.75 Å². The molecule has 0 saturated carbocycles. The zero-order valence-electron chi connectivity index (χ0n) is 10.6. The molecular weight excluding hydrogens is 296 g/mol. The molecule has 0 aliphatic carbocycles. The Bertz CT molecular complexity index is 694. The van der Waals surface area contributed by atoms with Gasteiger partial charge in [-0.1, -0.05) is 23.4 Å². The van der Waals surface area contributed by atoms with Crippen molar-refractivity contribution in [2.24, 2.45) is 0 Å². The summed E-state index contributed by atoms with van der Waals surface area (Å²) in [6.07, 6.45) is 1.67. The summed E-state index contributed by atoms with van der Waals surface area (Å²) >= 11 is 7.40. The van der Waals surface area contributed by atoms with E-state index in [1.54, 1.807) is 6.20 Å². The molecule has 20 heavy (non-hydrogen) atoms. The molecule has 5 nitrogen and oxygen atoms in total. The van der Waals surface area contributed by atoms with E-state index >= 15 is 0 Å². The monoisotopic (exact) mass is 306 g/mol. The largest absolute Gasteiger partial charge is 0.440 e. The molecule has 0 amide bonds. The number of hydrogen-bond donors (Lipinski definition) is 1. The second-order valence-corrected chi connectivity index (χ2v) is 5.56. The Labute approximate surface area is 124 Å². The fourth-order valence-electron chi connectivity index (χ4n) is 1.78. The third-order valence-electron chi connectivity index (χ3n) is 2.68. The van der Waals surface area contributed by atoms with Crippen LogP contribution in [0.4, 0.5) is 0 Å². The molecule has 1 N–H and O–H groups in total. The van der Waals surface area contributed by atoms with Crippen molar-refractivity contribution in [1.82, 2.24) is 20.4 Å². The normalized spacial score (nSPS) is 10.9. The van der Waals surface area contributed by atoms with E-state index in [-0.39, 0.29) is 0 Å². The van der Waals surface area contributed by atoms with Crippen LogP contribution in [0, 0.1) is 6.92 Å². The van der Waals surface area contributed by atoms with Crippen LogP contribution in [-0.4, -0.2) is 20.4 Å². The van der Waals surface area contributed by atoms with E-state index < -0.39 is 0 Å². The average Bonchev–Trinajstić information content (AvgIpc) is 3.07. The molecule has 3 rings (SSSR count). The van der Waals surface area contributed by atoms with Crippen molar-refractivity contribution in [3.63, 3.8) is 0 Å². The van der Waals surface area contributed by atoms with Crippen LogP contribution in [0.5, 0.6) is 0 Å². The minimum Gasteiger partial charge on any atom is -0.440 e. The molecule has 0 aliphatic rings. The first-order valence-corrected chi connectivity index (χ1v) is 7.29. The van der Waals surface area contributed by atoms with Gasteiger partial charge < -0.3 is 4.42 Å². The highest BCUT2D eigenvalue weighted by Crippen LogP contribution is 2.28. The molecule has 0 atom stereocenters. The second-order valence-electron chi connectivity index (χ2n) is 4.13. The first kappa shape index (κ1) is 13.2. The van der Waals surface area contributed by atoms with Gasteiger partial charge in [0.2, 0.25) is 5.89 Å². The number of thioether (sulfide) groups is 1. The van der Waals surface area contributed by atoms with Crippen LogP contribution in [0.15, 0.2) is 39.9 Å². The highest BCUT2D eigenvalue weighted by molar-refractivity contribution is 7.98. The minimum atomic E-state index is 0.612. The van der Waals surface area contributed by atoms with Gasteiger partial charge in [0.05, 0.1) is 17.6 Å². The number of hydrogen-bond acceptors (Lipinski definition) is 5. The molecule has 0 saturated heterocycles. The van der Waals surface area contributed by atoms with E-state index in [9.17, 15) is 0 Å². The number of aromatic amines is 1. The number of H-pyrrole nitrogens is 1. The maximum Gasteiger partial charge on any atom is 0.205 e. The Kier molecular flexibility index (Phi) is 3.75. The molecule has 102 valence electrons. The molecule has 0 fully saturated rings. The van der Waals surface area contributed by atoms with Crippen LogP contribution < -0.4 is 0 Å². The molecule has 2 aromatic heterocycles. The molecule has 1 aromatic carbocycles. The SMILES string of the molecule is Cc1nc(CSc2cn[nH]n2)oc1-c1ccc(Cl)cc1. The summed E-state index contributed by atoms with van der Waals surface area (Å²) in [6.45, 7) is 1.93. The molecule has 0 bridgehead atoms. The van der Waals surface area contributed by atoms with E-state index in [2.05, 4.69) is 20.4 Å². The van der Waals surface area contributed by atoms with Crippen LogP contribution in [0.25, 0.3) is 11.3 Å². The topological polar surface area (TPSA) is 67.6 Å². The summed E-state index contributed by atoms with van der Waals surface area (Å²) in [4.78, 5) is 4.43. The van der Waals surface area contributed by atoms with Gasteiger partial charge in [0.15, 0.2) is 5.76 Å². The first-order valence-electron chi connectivity index (χ1n) is 5.93. The lowest BCUT2D eigenvalue weighted by Crippen LogP contribution is -1.81. The van der Waals surface area contributed by atoms with Gasteiger partial charge in [-0.3, -0.25) is 0 Å². The highest BCUT2D eigenvalue weighted by atomic mass is 35.5. The Morgan fingerprint density at radius 2 is 2.10 bits per heavy atom. The highest BCUT2D eigenvalue weighted by Gasteiger charge is 2.12. The van der Waals surface area contributed by atoms with Gasteiger partial charge in [-0.05, 0) is 31.2 Å². The predicted octanol–water partition coefficient (Wildman–Crippen LogP) is 3.71. The van der Waals surface area contributed by atoms with Crippen molar-refractivity contribution in [3.8, 4) is 11.3 Å². The van der Waals surface area contributed by atoms with Crippen molar-refractivity contribution in [2.45, 2.75) is 17.7 Å². The Morgan fingerprint density at radius 3 is 2.80 bits per heavy atom. The molecule has 0 radical (unpaired) electrons. The number of benzene rings is 1. The number of nitrogens with one attached hydrogen (secondary N) is 1. The molecule has 2 heterocycles. The smallest absolute Gasteiger partial charge is 0.205 e. The Balaban J connectivity index is 1.78. The summed E-state index contributed by atoms with van der Waals surface area (Å²) < 4.78 is 5.81. The number of rotatable bonds is 4. The van der Waals surface area contributed by atoms with Crippen molar-refractivity contribution >= 4 is 23.4 Å². The van der Waals surface area contributed by atoms with Gasteiger partial charge in [0, 0.05) is 10.6 Å². The second kappa shape index (κ2) is 5.68. The van der Waals surface area contributed by atoms with Gasteiger partial charge in [-0.25, -0.2) is 4.98 Å². The van der Waals surface area contributed by atoms with Crippen molar-refractivity contribution < 1.29 is 4.42 Å². The Morgan fingerprint density at radius 1 is 1.30 bits per heavy atom. The number of nitrogens with zero attached hydrogens (tertiary/aromatic N) is 3. The van der Waals surface area contributed by atoms with Gasteiger partial charge in [-0.15, -0.1) is 5.10 Å². The van der Waals surface area contributed by atoms with Gasteiger partial charge in [-0.2, -0.15) is 10.3 Å². The molecule has 0 unspecified atom stereocenters. The molecule has 7 heteroatoms. The summed E-state index contributed by atoms with van der Waals surface area (Å²) in [7, 11) is 0. The number of aryl methyl sites for hydroxylation is 1. The summed E-state index contributed by atoms with van der Waals surface area (Å²) in [5.41, 5.74) is 1.83. The third kappa shape index (κ3) is 2.86. The standard InChI is InChI=1S/C13H11ClN4OS/c1-8-13(9-2-4-10(14)5-3-9)19-11(16-8)7-20-12-6-15-18-17-12/h2-6H,7H2,1H3,(H,15,17,18). The van der Waals surface area contributed by atoms with Gasteiger partial charge >= 0.3 is 0 Å². The number of aromatic nitrogens is 4. The fourth-order valence-corrected chi connectivity index (χ4v) is 2.53. The number of oxazole rings is 1. The van der Waals surface area contributed by atoms with Crippen molar-refractivity contribution in [3.05, 3.63) is 47.1 Å². The summed E-state index contributed by atoms with van der Waals surface area (Å²) in [5.74, 6) is 2.05. The predicted molar refractivity (Wildman–Crippen MR) is 77.6 cm³/mol. The van der Waals surface area contributed by atoms with Crippen molar-refractivity contribution in [1.29, 1.82) is 0 Å². The van der Waals surface area contributed by atoms with Crippen LogP contribution in [0.3, 0.4) is 0 Å². The lowest BCUT2D eigenvalue weighted by Gasteiger charge is -1.97. The van der Waals surface area contributed by atoms with Gasteiger partial charge in [0.1, 0.15) is 5.03 Å². The lowest BCUT2D eigenvalue weighted by molar-refractivity contribution is 0.529. The maximum absolute atomic E-state index is 5.89. The maximum atomic E-state index is 5.89. The van der Waals surface area contributed by atoms with E-state index in [0.717, 1.165) is 22.0 Å². The average molecular weight is 307 g/mol. The summed E-state index contributed by atoms with van der Waals surface area (Å²) in [5, 5.41) is 11.8. The van der Waals surface area contributed by atoms with E-state index in [1.807, 2.05) is 31.2 Å². The van der Waals surface area contributed by atoms with E-state index in [0.29, 0.717) is 16.7 Å². The molecular formula is C13H11ClN4OS. The number of halogens is 1. The first-order chi connectivity index (χ1) is 9.72. The van der Waals surface area contributed by atoms with E-state index in [1.165, 1.54) is 11.8 Å². The van der Waals surface area contributed by atoms with Crippen LogP contribution >= 0.6 is 23.4 Å². The zero-order valence-corrected chi connectivity index (χ0v) is 12.2. The third-order valence-corrected chi connectivity index (χ3v) is 3.82. The molecule has 0 spiro atoms. The quantitative estimate of drug-likeness (QED) is 0.744. The molecule has 0 aliphatic heterocycles. The summed E-state index contributed by atoms with van der Waals surface area (Å²) in [6, 6.07) is 7.51. The van der Waals surface area contributed by atoms with Gasteiger partial charge in [0.25, 0.3) is 0 Å². The lowest BCUT2D eigenvalue weighted by atomic mass is 10.1. The zero-order chi connectivity index (χ0) is 13.9. The fraction of sp³-hybridized carbons (Fsp3) is 0.154. The van der Waals surface area contributed by atoms with Crippen LogP contribution in [0.2, 0.25) is 5.02 Å². The van der Waals surface area contributed by atoms with Crippen LogP contribution in [0.1, 0.15) is 11.6 Å².